The smallest absolute Gasteiger partial charge is 0.309 e. The predicted molar refractivity (Wildman–Crippen MR) is 227 cm³/mol. The number of halogens is 1. The van der Waals surface area contributed by atoms with Crippen molar-refractivity contribution < 1.29 is 76.8 Å². The summed E-state index contributed by atoms with van der Waals surface area (Å²) in [6.45, 7) is 14.2. The van der Waals surface area contributed by atoms with Crippen molar-refractivity contribution in [2.45, 2.75) is 178 Å². The molecule has 2 N–H and O–H groups in total. The number of carbonyl (C=O) groups is 4. The molecule has 0 aromatic carbocycles. The highest BCUT2D eigenvalue weighted by Crippen LogP contribution is 2.40. The van der Waals surface area contributed by atoms with Crippen LogP contribution in [-0.2, 0) is 66.5 Å². The van der Waals surface area contributed by atoms with Crippen LogP contribution in [0.2, 0.25) is 0 Å². The Balaban J connectivity index is 1.70. The van der Waals surface area contributed by atoms with Crippen LogP contribution in [0, 0.1) is 17.8 Å². The number of methoxy groups -OCH3 is 1. The molecule has 4 aliphatic rings. The van der Waals surface area contributed by atoms with Crippen molar-refractivity contribution in [2.24, 2.45) is 17.8 Å². The van der Waals surface area contributed by atoms with Crippen LogP contribution < -0.4 is 0 Å². The number of aliphatic hydroxyl groups excluding tert-OH is 1. The van der Waals surface area contributed by atoms with Crippen molar-refractivity contribution in [1.29, 1.82) is 0 Å². The molecule has 4 heterocycles. The van der Waals surface area contributed by atoms with Gasteiger partial charge in [-0.15, -0.1) is 0 Å². The van der Waals surface area contributed by atoms with Crippen molar-refractivity contribution >= 4 is 39.6 Å². The van der Waals surface area contributed by atoms with E-state index in [0.717, 1.165) is 0 Å². The molecule has 0 spiro atoms. The Labute approximate surface area is 374 Å². The topological polar surface area (TPSA) is 204 Å². The van der Waals surface area contributed by atoms with Gasteiger partial charge in [-0.1, -0.05) is 54.9 Å². The van der Waals surface area contributed by atoms with E-state index in [0.29, 0.717) is 19.6 Å². The molecular formula is C44H70BrNO16. The van der Waals surface area contributed by atoms with E-state index in [1.807, 2.05) is 13.8 Å². The molecular weight excluding hydrogens is 878 g/mol. The number of ketones is 1. The predicted octanol–water partition coefficient (Wildman–Crippen LogP) is 3.77. The Morgan fingerprint density at radius 1 is 0.968 bits per heavy atom. The number of alkyl halides is 1. The number of rotatable bonds is 12. The van der Waals surface area contributed by atoms with Crippen LogP contribution in [-0.4, -0.2) is 163 Å². The van der Waals surface area contributed by atoms with E-state index in [-0.39, 0.29) is 37.4 Å². The van der Waals surface area contributed by atoms with E-state index in [9.17, 15) is 29.4 Å². The van der Waals surface area contributed by atoms with Gasteiger partial charge in [0.15, 0.2) is 30.8 Å². The first-order chi connectivity index (χ1) is 29.1. The summed E-state index contributed by atoms with van der Waals surface area (Å²) in [5.74, 6) is -3.04. The van der Waals surface area contributed by atoms with Gasteiger partial charge in [-0.3, -0.25) is 19.2 Å². The van der Waals surface area contributed by atoms with Gasteiger partial charge in [-0.25, -0.2) is 0 Å². The highest BCUT2D eigenvalue weighted by atomic mass is 79.9. The third-order valence-corrected chi connectivity index (χ3v) is 13.0. The Kier molecular flexibility index (Phi) is 20.0. The molecule has 16 atom stereocenters. The third kappa shape index (κ3) is 14.1. The number of aliphatic hydroxyl groups is 2. The number of hydrogen-bond donors (Lipinski definition) is 2. The van der Waals surface area contributed by atoms with Crippen LogP contribution in [0.1, 0.15) is 87.5 Å². The molecule has 354 valence electrons. The van der Waals surface area contributed by atoms with Gasteiger partial charge in [0.1, 0.15) is 36.1 Å². The summed E-state index contributed by atoms with van der Waals surface area (Å²) < 4.78 is 61.2. The van der Waals surface area contributed by atoms with E-state index >= 15 is 0 Å². The van der Waals surface area contributed by atoms with Crippen LogP contribution in [0.25, 0.3) is 0 Å². The zero-order chi connectivity index (χ0) is 46.1. The fraction of sp³-hybridized carbons (Fsp3) is 0.818. The summed E-state index contributed by atoms with van der Waals surface area (Å²) in [6.07, 6.45) is -4.77. The van der Waals surface area contributed by atoms with Crippen LogP contribution in [0.4, 0.5) is 0 Å². The van der Waals surface area contributed by atoms with Gasteiger partial charge < -0.3 is 62.5 Å². The molecule has 4 aliphatic heterocycles. The lowest BCUT2D eigenvalue weighted by molar-refractivity contribution is -0.342. The number of esters is 3. The minimum absolute atomic E-state index is 0.0551. The molecule has 18 heteroatoms. The second-order valence-corrected chi connectivity index (χ2v) is 18.8. The van der Waals surface area contributed by atoms with Gasteiger partial charge in [-0.2, -0.15) is 0 Å². The van der Waals surface area contributed by atoms with Gasteiger partial charge in [0.2, 0.25) is 0 Å². The molecule has 0 aromatic rings. The number of nitrogens with zero attached hydrogens (tertiary/aromatic N) is 1. The van der Waals surface area contributed by atoms with Crippen molar-refractivity contribution in [3.05, 3.63) is 24.3 Å². The fourth-order valence-electron chi connectivity index (χ4n) is 8.58. The van der Waals surface area contributed by atoms with Crippen molar-refractivity contribution in [1.82, 2.24) is 4.90 Å². The molecule has 62 heavy (non-hydrogen) atoms. The average molecular weight is 949 g/mol. The molecule has 3 fully saturated rings. The molecule has 4 rings (SSSR count). The first kappa shape index (κ1) is 52.3. The van der Waals surface area contributed by atoms with Crippen LogP contribution in [0.15, 0.2) is 24.3 Å². The van der Waals surface area contributed by atoms with Crippen LogP contribution in [0.3, 0.4) is 0 Å². The molecule has 0 saturated carbocycles. The standard InChI is InChI=1S/C44H70BrNO16/c1-23(2)19-32(49)60-41-27(6)58-43(40(45)44(41,8)52)61-37-26(5)57-42(36(51)35(37)46(9)10)62-38-29(21-34-54-17-18-55-34)20-24(3)30(48)16-14-12-13-15-25(4)56-33(50)22-31(39(38)53-11)59-28(7)47/h12-14,16,23-27,29,31,34-43,51-52H,15,17-22H2,1-11H3/b13-12-,16-14+/t24?,25?,26-,27+,29?,31?,35-,36-,37-,38?,39?,40+,41+,42+,43+,44-/m1/s1. The zero-order valence-electron chi connectivity index (χ0n) is 38.0. The molecule has 3 saturated heterocycles. The second kappa shape index (κ2) is 23.7. The molecule has 17 nitrogen and oxygen atoms in total. The van der Waals surface area contributed by atoms with Crippen LogP contribution in [0.5, 0.6) is 0 Å². The summed E-state index contributed by atoms with van der Waals surface area (Å²) in [5, 5.41) is 24.0. The lowest BCUT2D eigenvalue weighted by atomic mass is 9.82. The average Bonchev–Trinajstić information content (AvgIpc) is 3.69. The maximum Gasteiger partial charge on any atom is 0.309 e. The molecule has 0 amide bonds. The largest absolute Gasteiger partial charge is 0.462 e. The Morgan fingerprint density at radius 2 is 1.61 bits per heavy atom. The lowest BCUT2D eigenvalue weighted by Crippen LogP contribution is -2.68. The molecule has 0 radical (unpaired) electrons. The van der Waals surface area contributed by atoms with Gasteiger partial charge in [0.25, 0.3) is 0 Å². The number of allylic oxidation sites excluding steroid dienone is 3. The first-order valence-corrected chi connectivity index (χ1v) is 22.6. The van der Waals surface area contributed by atoms with Gasteiger partial charge in [0.05, 0.1) is 48.8 Å². The summed E-state index contributed by atoms with van der Waals surface area (Å²) in [5.41, 5.74) is -1.62. The van der Waals surface area contributed by atoms with E-state index in [2.05, 4.69) is 15.9 Å². The zero-order valence-corrected chi connectivity index (χ0v) is 39.6. The third-order valence-electron chi connectivity index (χ3n) is 11.7. The highest BCUT2D eigenvalue weighted by molar-refractivity contribution is 9.09. The molecule has 6 unspecified atom stereocenters. The Morgan fingerprint density at radius 3 is 2.23 bits per heavy atom. The van der Waals surface area contributed by atoms with E-state index in [1.54, 1.807) is 71.8 Å². The number of ether oxygens (including phenoxy) is 10. The maximum atomic E-state index is 13.5. The van der Waals surface area contributed by atoms with E-state index < -0.39 is 120 Å². The first-order valence-electron chi connectivity index (χ1n) is 21.7. The molecule has 0 bridgehead atoms. The Hall–Kier alpha value is -2.36. The minimum Gasteiger partial charge on any atom is -0.462 e. The summed E-state index contributed by atoms with van der Waals surface area (Å²) in [4.78, 5) is 53.1. The van der Waals surface area contributed by atoms with E-state index in [4.69, 9.17) is 47.4 Å². The van der Waals surface area contributed by atoms with Crippen molar-refractivity contribution in [3.8, 4) is 0 Å². The lowest BCUT2D eigenvalue weighted by Gasteiger charge is -2.51. The highest BCUT2D eigenvalue weighted by Gasteiger charge is 2.56. The Bertz CT molecular complexity index is 1540. The van der Waals surface area contributed by atoms with Gasteiger partial charge in [-0.05, 0) is 66.1 Å². The number of cyclic esters (lactones) is 1. The van der Waals surface area contributed by atoms with Crippen LogP contribution >= 0.6 is 15.9 Å². The number of likely N-dealkylation sites (N-methyl/N-ethyl adjacent to an activating group) is 1. The van der Waals surface area contributed by atoms with Gasteiger partial charge >= 0.3 is 17.9 Å². The fourth-order valence-corrected chi connectivity index (χ4v) is 9.09. The monoisotopic (exact) mass is 947 g/mol. The normalized spacial score (nSPS) is 40.5. The summed E-state index contributed by atoms with van der Waals surface area (Å²) >= 11 is 3.56. The quantitative estimate of drug-likeness (QED) is 0.162. The molecule has 0 aliphatic carbocycles. The SMILES string of the molecule is COC1C(OC(C)=O)CC(=O)OC(C)C/C=C\C=C\C(=O)C(C)CC(CC2OCCO2)C1O[C@@H]1O[C@H](C)[C@@H](O[C@@H]2O[C@@H](C)[C@H](OC(=O)CC(C)C)[C@](C)(O)[C@H]2Br)[C@H](N(C)C)[C@H]1O. The summed E-state index contributed by atoms with van der Waals surface area (Å²) in [7, 11) is 4.92. The van der Waals surface area contributed by atoms with Crippen molar-refractivity contribution in [2.75, 3.05) is 34.4 Å². The van der Waals surface area contributed by atoms with Gasteiger partial charge in [0, 0.05) is 39.2 Å². The van der Waals surface area contributed by atoms with E-state index in [1.165, 1.54) is 20.1 Å². The number of hydrogen-bond acceptors (Lipinski definition) is 17. The summed E-state index contributed by atoms with van der Waals surface area (Å²) in [6, 6.07) is -0.805. The van der Waals surface area contributed by atoms with Crippen molar-refractivity contribution in [3.63, 3.8) is 0 Å². The molecule has 0 aromatic heterocycles. The second-order valence-electron chi connectivity index (χ2n) is 17.8. The maximum absolute atomic E-state index is 13.5. The minimum atomic E-state index is -1.62. The number of carbonyl (C=O) groups excluding carboxylic acids is 4.